The quantitative estimate of drug-likeness (QED) is 0.593. The molecule has 152 valence electrons. The van der Waals surface area contributed by atoms with Gasteiger partial charge in [-0.2, -0.15) is 0 Å². The second-order valence-electron chi connectivity index (χ2n) is 7.05. The number of benzene rings is 1. The number of carboxylic acid groups (broad SMARTS) is 1. The highest BCUT2D eigenvalue weighted by atomic mass is 32.2. The van der Waals surface area contributed by atoms with Gasteiger partial charge in [-0.25, -0.2) is 17.5 Å². The van der Waals surface area contributed by atoms with Crippen molar-refractivity contribution in [1.29, 1.82) is 0 Å². The Morgan fingerprint density at radius 3 is 2.55 bits per heavy atom. The van der Waals surface area contributed by atoms with Gasteiger partial charge in [-0.15, -0.1) is 0 Å². The fraction of sp³-hybridized carbons (Fsp3) is 0.250. The summed E-state index contributed by atoms with van der Waals surface area (Å²) in [5, 5.41) is 9.92. The molecule has 1 fully saturated rings. The first kappa shape index (κ1) is 19.9. The molecule has 1 saturated carbocycles. The van der Waals surface area contributed by atoms with E-state index in [0.29, 0.717) is 16.1 Å². The van der Waals surface area contributed by atoms with Crippen LogP contribution in [0.2, 0.25) is 0 Å². The summed E-state index contributed by atoms with van der Waals surface area (Å²) < 4.78 is 42.7. The zero-order valence-electron chi connectivity index (χ0n) is 15.6. The highest BCUT2D eigenvalue weighted by Crippen LogP contribution is 2.36. The number of pyridine rings is 1. The van der Waals surface area contributed by atoms with Gasteiger partial charge in [-0.05, 0) is 67.3 Å². The lowest BCUT2D eigenvalue weighted by molar-refractivity contribution is -0.136. The van der Waals surface area contributed by atoms with E-state index in [-0.39, 0.29) is 17.4 Å². The maximum atomic E-state index is 13.8. The molecule has 2 aromatic heterocycles. The predicted molar refractivity (Wildman–Crippen MR) is 107 cm³/mol. The second-order valence-corrected chi connectivity index (χ2v) is 9.83. The van der Waals surface area contributed by atoms with Crippen LogP contribution < -0.4 is 4.72 Å². The van der Waals surface area contributed by atoms with E-state index in [0.717, 1.165) is 23.3 Å². The summed E-state index contributed by atoms with van der Waals surface area (Å²) >= 11 is 1.33. The topological polar surface area (TPSA) is 87.9 Å². The van der Waals surface area contributed by atoms with Gasteiger partial charge in [0.05, 0.1) is 21.9 Å². The van der Waals surface area contributed by atoms with E-state index >= 15 is 0 Å². The van der Waals surface area contributed by atoms with Crippen LogP contribution in [-0.4, -0.2) is 29.9 Å². The molecular formula is C20H19FN2O4S2. The minimum Gasteiger partial charge on any atom is -0.481 e. The molecule has 0 unspecified atom stereocenters. The van der Waals surface area contributed by atoms with Crippen LogP contribution in [0.5, 0.6) is 0 Å². The van der Waals surface area contributed by atoms with Crippen molar-refractivity contribution in [3.8, 4) is 0 Å². The Labute approximate surface area is 171 Å². The van der Waals surface area contributed by atoms with E-state index in [1.165, 1.54) is 36.2 Å². The summed E-state index contributed by atoms with van der Waals surface area (Å²) in [5.74, 6) is -1.39. The Morgan fingerprint density at radius 2 is 1.93 bits per heavy atom. The third-order valence-corrected chi connectivity index (χ3v) is 7.53. The molecule has 4 rings (SSSR count). The number of nitrogens with one attached hydrogen (secondary N) is 1. The summed E-state index contributed by atoms with van der Waals surface area (Å²) in [6, 6.07) is 9.38. The van der Waals surface area contributed by atoms with Crippen LogP contribution in [0.1, 0.15) is 24.0 Å². The third-order valence-electron chi connectivity index (χ3n) is 4.79. The van der Waals surface area contributed by atoms with E-state index in [1.54, 1.807) is 22.6 Å². The molecule has 2 heterocycles. The molecular weight excluding hydrogens is 415 g/mol. The van der Waals surface area contributed by atoms with Crippen LogP contribution in [0.3, 0.4) is 0 Å². The molecule has 1 aromatic carbocycles. The molecule has 0 radical (unpaired) electrons. The van der Waals surface area contributed by atoms with Crippen LogP contribution in [0.15, 0.2) is 57.4 Å². The van der Waals surface area contributed by atoms with Gasteiger partial charge in [0.25, 0.3) is 0 Å². The number of halogens is 1. The molecule has 0 saturated heterocycles. The largest absolute Gasteiger partial charge is 0.481 e. The molecule has 1 aliphatic rings. The smallest absolute Gasteiger partial charge is 0.307 e. The molecule has 6 nitrogen and oxygen atoms in total. The molecule has 0 bridgehead atoms. The van der Waals surface area contributed by atoms with E-state index in [9.17, 15) is 22.7 Å². The van der Waals surface area contributed by atoms with Crippen LogP contribution >= 0.6 is 11.8 Å². The van der Waals surface area contributed by atoms with Gasteiger partial charge in [-0.1, -0.05) is 11.8 Å². The number of hydrogen-bond donors (Lipinski definition) is 2. The van der Waals surface area contributed by atoms with Gasteiger partial charge in [0, 0.05) is 17.1 Å². The summed E-state index contributed by atoms with van der Waals surface area (Å²) in [4.78, 5) is 12.2. The fourth-order valence-electron chi connectivity index (χ4n) is 3.18. The number of nitrogens with zero attached hydrogens (tertiary/aromatic N) is 1. The number of fused-ring (bicyclic) bond motifs is 1. The highest BCUT2D eigenvalue weighted by molar-refractivity contribution is 7.99. The van der Waals surface area contributed by atoms with Crippen molar-refractivity contribution < 1.29 is 22.7 Å². The van der Waals surface area contributed by atoms with Gasteiger partial charge in [0.2, 0.25) is 10.0 Å². The maximum Gasteiger partial charge on any atom is 0.307 e. The van der Waals surface area contributed by atoms with Crippen molar-refractivity contribution >= 4 is 33.3 Å². The Bertz CT molecular complexity index is 1200. The van der Waals surface area contributed by atoms with Crippen molar-refractivity contribution in [2.45, 2.75) is 47.0 Å². The molecule has 29 heavy (non-hydrogen) atoms. The van der Waals surface area contributed by atoms with Crippen LogP contribution in [0, 0.1) is 12.7 Å². The average molecular weight is 435 g/mol. The number of carboxylic acids is 1. The van der Waals surface area contributed by atoms with E-state index in [1.807, 2.05) is 6.92 Å². The third kappa shape index (κ3) is 4.17. The van der Waals surface area contributed by atoms with Crippen molar-refractivity contribution in [2.75, 3.05) is 0 Å². The van der Waals surface area contributed by atoms with Gasteiger partial charge in [-0.3, -0.25) is 4.79 Å². The monoisotopic (exact) mass is 434 g/mol. The van der Waals surface area contributed by atoms with Crippen molar-refractivity contribution in [1.82, 2.24) is 9.12 Å². The lowest BCUT2D eigenvalue weighted by atomic mass is 10.1. The summed E-state index contributed by atoms with van der Waals surface area (Å²) in [6.45, 7) is 1.81. The van der Waals surface area contributed by atoms with E-state index in [4.69, 9.17) is 0 Å². The van der Waals surface area contributed by atoms with Crippen LogP contribution in [-0.2, 0) is 21.2 Å². The molecule has 0 spiro atoms. The molecule has 1 aliphatic carbocycles. The summed E-state index contributed by atoms with van der Waals surface area (Å²) in [5.41, 5.74) is 2.03. The first-order valence-electron chi connectivity index (χ1n) is 9.05. The van der Waals surface area contributed by atoms with E-state index < -0.39 is 21.8 Å². The Morgan fingerprint density at radius 1 is 1.24 bits per heavy atom. The minimum absolute atomic E-state index is 0.0336. The first-order valence-corrected chi connectivity index (χ1v) is 11.4. The number of aliphatic carboxylic acids is 1. The van der Waals surface area contributed by atoms with Gasteiger partial charge >= 0.3 is 5.97 Å². The minimum atomic E-state index is -3.52. The molecule has 3 aromatic rings. The van der Waals surface area contributed by atoms with Gasteiger partial charge in [0.15, 0.2) is 0 Å². The molecule has 2 N–H and O–H groups in total. The molecule has 0 aliphatic heterocycles. The zero-order valence-corrected chi connectivity index (χ0v) is 17.2. The zero-order chi connectivity index (χ0) is 20.8. The number of hydrogen-bond acceptors (Lipinski definition) is 4. The molecule has 0 amide bonds. The predicted octanol–water partition coefficient (Wildman–Crippen LogP) is 3.61. The lowest BCUT2D eigenvalue weighted by Crippen LogP contribution is -2.25. The van der Waals surface area contributed by atoms with Gasteiger partial charge in [0.1, 0.15) is 5.82 Å². The Hall–Kier alpha value is -2.36. The van der Waals surface area contributed by atoms with Crippen LogP contribution in [0.4, 0.5) is 4.39 Å². The number of sulfonamides is 1. The van der Waals surface area contributed by atoms with Gasteiger partial charge < -0.3 is 9.51 Å². The number of aromatic nitrogens is 1. The summed E-state index contributed by atoms with van der Waals surface area (Å²) in [6.07, 6.45) is 2.89. The van der Waals surface area contributed by atoms with Crippen molar-refractivity contribution in [2.24, 2.45) is 0 Å². The normalized spacial score (nSPS) is 14.4. The average Bonchev–Trinajstić information content (AvgIpc) is 3.43. The lowest BCUT2D eigenvalue weighted by Gasteiger charge is -2.08. The Kier molecular flexibility index (Phi) is 5.14. The summed E-state index contributed by atoms with van der Waals surface area (Å²) in [7, 11) is -3.52. The fourth-order valence-corrected chi connectivity index (χ4v) is 5.50. The number of rotatable bonds is 7. The standard InChI is InChI=1S/C20H19FN2O4S2/c1-12-17(10-19(24)25)18-9-2-13(21)11-23(18)20(12)28-15-5-7-16(8-6-15)29(26,27)22-14-3-4-14/h2,5-9,11,14,22H,3-4,10H2,1H3,(H,24,25). The second kappa shape index (κ2) is 7.47. The van der Waals surface area contributed by atoms with Crippen LogP contribution in [0.25, 0.3) is 5.52 Å². The van der Waals surface area contributed by atoms with E-state index in [2.05, 4.69) is 4.72 Å². The maximum absolute atomic E-state index is 13.8. The first-order chi connectivity index (χ1) is 13.7. The molecule has 9 heteroatoms. The molecule has 0 atom stereocenters. The highest BCUT2D eigenvalue weighted by Gasteiger charge is 2.28. The number of carbonyl (C=O) groups is 1. The Balaban J connectivity index is 1.68. The SMILES string of the molecule is Cc1c(CC(=O)O)c2ccc(F)cn2c1Sc1ccc(S(=O)(=O)NC2CC2)cc1. The van der Waals surface area contributed by atoms with Crippen molar-refractivity contribution in [3.05, 3.63) is 59.5 Å². The van der Waals surface area contributed by atoms with Crippen molar-refractivity contribution in [3.63, 3.8) is 0 Å².